The van der Waals surface area contributed by atoms with Crippen LogP contribution < -0.4 is 21.5 Å². The van der Waals surface area contributed by atoms with Gasteiger partial charge < -0.3 is 21.4 Å². The molecule has 0 spiro atoms. The van der Waals surface area contributed by atoms with Crippen molar-refractivity contribution in [2.45, 2.75) is 59.0 Å². The van der Waals surface area contributed by atoms with Crippen LogP contribution in [-0.2, 0) is 13.1 Å². The third-order valence-corrected chi connectivity index (χ3v) is 5.77. The highest BCUT2D eigenvalue weighted by molar-refractivity contribution is 6.26. The van der Waals surface area contributed by atoms with Crippen LogP contribution in [0.15, 0.2) is 47.1 Å². The number of halogens is 1. The number of carbonyl (C=O) groups is 2. The van der Waals surface area contributed by atoms with E-state index in [0.717, 1.165) is 31.0 Å². The molecule has 1 aromatic carbocycles. The molecule has 158 valence electrons. The van der Waals surface area contributed by atoms with Crippen LogP contribution in [0.2, 0.25) is 0 Å². The van der Waals surface area contributed by atoms with Crippen LogP contribution in [0.1, 0.15) is 82.7 Å². The molecule has 0 fully saturated rings. The minimum atomic E-state index is -0.0883. The van der Waals surface area contributed by atoms with Crippen LogP contribution in [0, 0.1) is 6.92 Å². The minimum Gasteiger partial charge on any atom is -1.00 e. The molecule has 3 aromatic rings. The number of carbonyl (C=O) groups excluding carboxylic acids is 2. The lowest BCUT2D eigenvalue weighted by Gasteiger charge is -2.12. The standard InChI is InChI=1S/C24H27N2O3.BrH/c1-3-4-5-6-9-14-25-17(2)26(16-18-11-10-15-29-18)22-21(25)23(27)19-12-7-8-13-20(19)24(22)28;/h7-8,10-13,15H,3-6,9,14,16H2,1-2H3;1H/q+1;/p-1. The Balaban J connectivity index is 0.00000256. The van der Waals surface area contributed by atoms with Gasteiger partial charge in [0.2, 0.25) is 23.0 Å². The van der Waals surface area contributed by atoms with Crippen LogP contribution in [-0.4, -0.2) is 16.1 Å². The van der Waals surface area contributed by atoms with Crippen LogP contribution in [0.4, 0.5) is 0 Å². The Bertz CT molecular complexity index is 1050. The van der Waals surface area contributed by atoms with Gasteiger partial charge >= 0.3 is 0 Å². The molecular weight excluding hydrogens is 444 g/mol. The zero-order chi connectivity index (χ0) is 20.4. The van der Waals surface area contributed by atoms with E-state index in [2.05, 4.69) is 6.92 Å². The number of nitrogens with zero attached hydrogens (tertiary/aromatic N) is 2. The Hall–Kier alpha value is -2.47. The third-order valence-electron chi connectivity index (χ3n) is 5.77. The number of aromatic nitrogens is 2. The lowest BCUT2D eigenvalue weighted by atomic mass is 9.90. The van der Waals surface area contributed by atoms with Crippen molar-refractivity contribution in [1.29, 1.82) is 0 Å². The van der Waals surface area contributed by atoms with Gasteiger partial charge in [0.1, 0.15) is 12.3 Å². The van der Waals surface area contributed by atoms with Gasteiger partial charge in [-0.25, -0.2) is 9.13 Å². The van der Waals surface area contributed by atoms with Gasteiger partial charge in [0.25, 0.3) is 5.82 Å². The molecule has 0 aliphatic heterocycles. The number of hydrogen-bond acceptors (Lipinski definition) is 3. The fourth-order valence-corrected chi connectivity index (χ4v) is 4.22. The summed E-state index contributed by atoms with van der Waals surface area (Å²) in [7, 11) is 0. The fraction of sp³-hybridized carbons (Fsp3) is 0.375. The maximum absolute atomic E-state index is 13.4. The van der Waals surface area contributed by atoms with E-state index in [1.165, 1.54) is 19.3 Å². The van der Waals surface area contributed by atoms with E-state index in [1.807, 2.05) is 40.3 Å². The lowest BCUT2D eigenvalue weighted by Crippen LogP contribution is -3.00. The van der Waals surface area contributed by atoms with Crippen molar-refractivity contribution in [3.63, 3.8) is 0 Å². The van der Waals surface area contributed by atoms with E-state index >= 15 is 0 Å². The van der Waals surface area contributed by atoms with Gasteiger partial charge in [-0.1, -0.05) is 50.5 Å². The summed E-state index contributed by atoms with van der Waals surface area (Å²) in [5, 5.41) is 0. The second-order valence-electron chi connectivity index (χ2n) is 7.68. The van der Waals surface area contributed by atoms with Gasteiger partial charge in [0.15, 0.2) is 0 Å². The van der Waals surface area contributed by atoms with E-state index in [0.29, 0.717) is 29.1 Å². The summed E-state index contributed by atoms with van der Waals surface area (Å²) >= 11 is 0. The first-order valence-electron chi connectivity index (χ1n) is 10.5. The molecule has 0 radical (unpaired) electrons. The number of benzene rings is 1. The normalized spacial score (nSPS) is 12.5. The van der Waals surface area contributed by atoms with E-state index < -0.39 is 0 Å². The summed E-state index contributed by atoms with van der Waals surface area (Å²) in [5.74, 6) is 1.52. The first kappa shape index (κ1) is 22.2. The van der Waals surface area contributed by atoms with Crippen LogP contribution in [0.25, 0.3) is 0 Å². The first-order chi connectivity index (χ1) is 14.1. The third kappa shape index (κ3) is 3.93. The van der Waals surface area contributed by atoms with Gasteiger partial charge in [-0.05, 0) is 25.0 Å². The quantitative estimate of drug-likeness (QED) is 0.289. The minimum absolute atomic E-state index is 0. The molecule has 2 heterocycles. The zero-order valence-corrected chi connectivity index (χ0v) is 19.1. The summed E-state index contributed by atoms with van der Waals surface area (Å²) in [6.45, 7) is 5.36. The van der Waals surface area contributed by atoms with Crippen LogP contribution in [0.5, 0.6) is 0 Å². The molecule has 0 saturated carbocycles. The monoisotopic (exact) mass is 470 g/mol. The van der Waals surface area contributed by atoms with Crippen molar-refractivity contribution in [2.75, 3.05) is 0 Å². The summed E-state index contributed by atoms with van der Waals surface area (Å²) in [6, 6.07) is 10.9. The molecule has 1 aliphatic rings. The molecule has 0 atom stereocenters. The van der Waals surface area contributed by atoms with E-state index in [-0.39, 0.29) is 28.5 Å². The highest BCUT2D eigenvalue weighted by atomic mass is 79.9. The predicted molar refractivity (Wildman–Crippen MR) is 109 cm³/mol. The Kier molecular flexibility index (Phi) is 7.08. The summed E-state index contributed by atoms with van der Waals surface area (Å²) in [4.78, 5) is 26.7. The Morgan fingerprint density at radius 1 is 0.933 bits per heavy atom. The number of rotatable bonds is 8. The molecule has 6 heteroatoms. The Labute approximate surface area is 187 Å². The summed E-state index contributed by atoms with van der Waals surface area (Å²) < 4.78 is 9.51. The number of unbranched alkanes of at least 4 members (excludes halogenated alkanes) is 4. The molecule has 1 aliphatic carbocycles. The second kappa shape index (κ2) is 9.56. The van der Waals surface area contributed by atoms with Crippen molar-refractivity contribution in [3.8, 4) is 0 Å². The van der Waals surface area contributed by atoms with Crippen LogP contribution in [0.3, 0.4) is 0 Å². The van der Waals surface area contributed by atoms with Gasteiger partial charge in [-0.3, -0.25) is 9.59 Å². The average molecular weight is 471 g/mol. The smallest absolute Gasteiger partial charge is 0.254 e. The topological polar surface area (TPSA) is 56.1 Å². The molecule has 0 amide bonds. The number of hydrogen-bond donors (Lipinski definition) is 0. The van der Waals surface area contributed by atoms with Gasteiger partial charge in [-0.15, -0.1) is 0 Å². The highest BCUT2D eigenvalue weighted by Crippen LogP contribution is 2.27. The number of imidazole rings is 1. The molecule has 0 unspecified atom stereocenters. The predicted octanol–water partition coefficient (Wildman–Crippen LogP) is 1.48. The Morgan fingerprint density at radius 2 is 1.63 bits per heavy atom. The summed E-state index contributed by atoms with van der Waals surface area (Å²) in [5.41, 5.74) is 1.99. The fourth-order valence-electron chi connectivity index (χ4n) is 4.22. The van der Waals surface area contributed by atoms with E-state index in [4.69, 9.17) is 4.42 Å². The molecule has 5 nitrogen and oxygen atoms in total. The van der Waals surface area contributed by atoms with Gasteiger partial charge in [-0.2, -0.15) is 0 Å². The largest absolute Gasteiger partial charge is 1.00 e. The number of ketones is 2. The van der Waals surface area contributed by atoms with Crippen molar-refractivity contribution in [1.82, 2.24) is 4.57 Å². The molecule has 30 heavy (non-hydrogen) atoms. The van der Waals surface area contributed by atoms with Crippen molar-refractivity contribution >= 4 is 11.6 Å². The molecule has 4 rings (SSSR count). The molecule has 0 N–H and O–H groups in total. The van der Waals surface area contributed by atoms with Gasteiger partial charge in [0, 0.05) is 18.1 Å². The lowest BCUT2D eigenvalue weighted by molar-refractivity contribution is -0.697. The molecule has 2 aromatic heterocycles. The van der Waals surface area contributed by atoms with E-state index in [1.54, 1.807) is 18.4 Å². The second-order valence-corrected chi connectivity index (χ2v) is 7.68. The maximum atomic E-state index is 13.4. The SMILES string of the molecule is CCCCCCCn1c2c([n+](Cc3ccco3)c1C)C(=O)c1ccccc1C2=O.[Br-]. The van der Waals surface area contributed by atoms with Crippen LogP contribution >= 0.6 is 0 Å². The molecule has 0 saturated heterocycles. The van der Waals surface area contributed by atoms with E-state index in [9.17, 15) is 9.59 Å². The Morgan fingerprint density at radius 3 is 2.30 bits per heavy atom. The van der Waals surface area contributed by atoms with Crippen molar-refractivity contribution in [2.24, 2.45) is 0 Å². The highest BCUT2D eigenvalue weighted by Gasteiger charge is 2.42. The number of fused-ring (bicyclic) bond motifs is 2. The average Bonchev–Trinajstić information content (AvgIpc) is 3.34. The van der Waals surface area contributed by atoms with Crippen molar-refractivity contribution in [3.05, 3.63) is 76.8 Å². The first-order valence-corrected chi connectivity index (χ1v) is 10.5. The molecule has 0 bridgehead atoms. The summed E-state index contributed by atoms with van der Waals surface area (Å²) in [6.07, 6.45) is 7.37. The van der Waals surface area contributed by atoms with Gasteiger partial charge in [0.05, 0.1) is 12.8 Å². The maximum Gasteiger partial charge on any atom is 0.254 e. The number of furan rings is 1. The van der Waals surface area contributed by atoms with Crippen molar-refractivity contribution < 1.29 is 35.6 Å². The molecular formula is C24H27BrN2O3. The zero-order valence-electron chi connectivity index (χ0n) is 17.5.